The number of amides is 1. The van der Waals surface area contributed by atoms with Gasteiger partial charge in [0.1, 0.15) is 0 Å². The van der Waals surface area contributed by atoms with Crippen molar-refractivity contribution in [2.75, 3.05) is 16.8 Å². The Morgan fingerprint density at radius 3 is 2.17 bits per heavy atom. The molecule has 3 aromatic rings. The molecule has 11 heteroatoms. The summed E-state index contributed by atoms with van der Waals surface area (Å²) in [4.78, 5) is 12.4. The molecule has 0 saturated carbocycles. The summed E-state index contributed by atoms with van der Waals surface area (Å²) in [6.07, 6.45) is -0.279. The number of nitrogens with zero attached hydrogens (tertiary/aromatic N) is 2. The largest absolute Gasteiger partial charge is 0.403 e. The molecule has 0 unspecified atom stereocenters. The molecule has 1 aromatic heterocycles. The van der Waals surface area contributed by atoms with Crippen molar-refractivity contribution in [1.82, 2.24) is 10.2 Å². The summed E-state index contributed by atoms with van der Waals surface area (Å²) in [6, 6.07) is 13.6. The monoisotopic (exact) mass is 449 g/mol. The molecule has 0 aliphatic carbocycles. The molecule has 0 bridgehead atoms. The van der Waals surface area contributed by atoms with Crippen molar-refractivity contribution in [2.45, 2.75) is 23.1 Å². The van der Waals surface area contributed by atoms with Crippen molar-refractivity contribution in [3.8, 4) is 11.5 Å². The minimum atomic E-state index is -3.58. The predicted octanol–water partition coefficient (Wildman–Crippen LogP) is 2.33. The van der Waals surface area contributed by atoms with Gasteiger partial charge in [0.05, 0.1) is 21.3 Å². The molecule has 1 amide bonds. The fourth-order valence-electron chi connectivity index (χ4n) is 2.52. The van der Waals surface area contributed by atoms with Gasteiger partial charge in [0.15, 0.2) is 19.7 Å². The lowest BCUT2D eigenvalue weighted by molar-refractivity contribution is -0.115. The van der Waals surface area contributed by atoms with E-state index in [9.17, 15) is 21.6 Å². The Morgan fingerprint density at radius 2 is 1.53 bits per heavy atom. The van der Waals surface area contributed by atoms with Gasteiger partial charge in [-0.2, -0.15) is 0 Å². The van der Waals surface area contributed by atoms with Crippen LogP contribution in [0.5, 0.6) is 0 Å². The molecule has 0 radical (unpaired) electrons. The summed E-state index contributed by atoms with van der Waals surface area (Å²) >= 11 is 0. The summed E-state index contributed by atoms with van der Waals surface area (Å²) in [5, 5.41) is 9.88. The molecule has 1 heterocycles. The SMILES string of the molecule is CCS(=O)(=O)c1ccc(-c2nnc(NC(=O)CCS(=O)(=O)c3ccccc3)o2)cc1. The third-order valence-electron chi connectivity index (χ3n) is 4.21. The minimum absolute atomic E-state index is 0.0108. The quantitative estimate of drug-likeness (QED) is 0.553. The molecule has 0 atom stereocenters. The van der Waals surface area contributed by atoms with Crippen molar-refractivity contribution < 1.29 is 26.0 Å². The number of anilines is 1. The lowest BCUT2D eigenvalue weighted by Gasteiger charge is -2.04. The Morgan fingerprint density at radius 1 is 0.900 bits per heavy atom. The molecule has 0 fully saturated rings. The maximum Gasteiger partial charge on any atom is 0.322 e. The van der Waals surface area contributed by atoms with Crippen LogP contribution in [0, 0.1) is 0 Å². The Labute approximate surface area is 174 Å². The zero-order chi connectivity index (χ0) is 21.8. The molecule has 2 aromatic carbocycles. The molecule has 30 heavy (non-hydrogen) atoms. The second-order valence-corrected chi connectivity index (χ2v) is 10.7. The van der Waals surface area contributed by atoms with Gasteiger partial charge in [0.25, 0.3) is 0 Å². The van der Waals surface area contributed by atoms with Crippen LogP contribution in [0.3, 0.4) is 0 Å². The lowest BCUT2D eigenvalue weighted by atomic mass is 10.2. The van der Waals surface area contributed by atoms with Gasteiger partial charge in [0, 0.05) is 12.0 Å². The van der Waals surface area contributed by atoms with Crippen LogP contribution in [0.2, 0.25) is 0 Å². The highest BCUT2D eigenvalue weighted by molar-refractivity contribution is 7.91. The maximum atomic E-state index is 12.2. The average molecular weight is 450 g/mol. The number of aromatic nitrogens is 2. The fourth-order valence-corrected chi connectivity index (χ4v) is 4.66. The minimum Gasteiger partial charge on any atom is -0.403 e. The van der Waals surface area contributed by atoms with Gasteiger partial charge < -0.3 is 4.42 Å². The number of hydrogen-bond donors (Lipinski definition) is 1. The highest BCUT2D eigenvalue weighted by Gasteiger charge is 2.18. The Kier molecular flexibility index (Phi) is 6.32. The third kappa shape index (κ3) is 5.10. The van der Waals surface area contributed by atoms with Crippen molar-refractivity contribution in [3.05, 3.63) is 54.6 Å². The second-order valence-electron chi connectivity index (χ2n) is 6.27. The van der Waals surface area contributed by atoms with Gasteiger partial charge in [0.2, 0.25) is 11.8 Å². The van der Waals surface area contributed by atoms with Gasteiger partial charge in [-0.1, -0.05) is 30.2 Å². The van der Waals surface area contributed by atoms with Crippen molar-refractivity contribution in [2.24, 2.45) is 0 Å². The number of sulfone groups is 2. The Bertz CT molecular complexity index is 1230. The van der Waals surface area contributed by atoms with Gasteiger partial charge in [-0.3, -0.25) is 10.1 Å². The van der Waals surface area contributed by atoms with Crippen molar-refractivity contribution >= 4 is 31.6 Å². The van der Waals surface area contributed by atoms with Gasteiger partial charge in [-0.05, 0) is 36.4 Å². The highest BCUT2D eigenvalue weighted by atomic mass is 32.2. The average Bonchev–Trinajstić information content (AvgIpc) is 3.21. The lowest BCUT2D eigenvalue weighted by Crippen LogP contribution is -2.17. The van der Waals surface area contributed by atoms with E-state index in [4.69, 9.17) is 4.42 Å². The van der Waals surface area contributed by atoms with Gasteiger partial charge in [-0.25, -0.2) is 16.8 Å². The van der Waals surface area contributed by atoms with Gasteiger partial charge in [-0.15, -0.1) is 5.10 Å². The normalized spacial score (nSPS) is 11.9. The predicted molar refractivity (Wildman–Crippen MR) is 109 cm³/mol. The number of nitrogens with one attached hydrogen (secondary N) is 1. The second kappa shape index (κ2) is 8.76. The Hall–Kier alpha value is -3.05. The zero-order valence-electron chi connectivity index (χ0n) is 16.0. The van der Waals surface area contributed by atoms with E-state index in [-0.39, 0.29) is 39.6 Å². The highest BCUT2D eigenvalue weighted by Crippen LogP contribution is 2.22. The van der Waals surface area contributed by atoms with E-state index in [2.05, 4.69) is 15.5 Å². The standard InChI is InChI=1S/C19H19N3O6S2/c1-2-29(24,25)16-10-8-14(9-11-16)18-21-22-19(28-18)20-17(23)12-13-30(26,27)15-6-4-3-5-7-15/h3-11H,2,12-13H2,1H3,(H,20,22,23). The molecular weight excluding hydrogens is 430 g/mol. The molecule has 9 nitrogen and oxygen atoms in total. The van der Waals surface area contributed by atoms with E-state index in [1.165, 1.54) is 36.4 Å². The smallest absolute Gasteiger partial charge is 0.322 e. The van der Waals surface area contributed by atoms with E-state index in [1.807, 2.05) is 0 Å². The molecular formula is C19H19N3O6S2. The number of hydrogen-bond acceptors (Lipinski definition) is 8. The van der Waals surface area contributed by atoms with Crippen LogP contribution in [0.4, 0.5) is 6.01 Å². The molecule has 1 N–H and O–H groups in total. The first-order valence-corrected chi connectivity index (χ1v) is 12.3. The number of carbonyl (C=O) groups excluding carboxylic acids is 1. The molecule has 0 aliphatic heterocycles. The summed E-state index contributed by atoms with van der Waals surface area (Å²) in [5.41, 5.74) is 0.477. The fraction of sp³-hybridized carbons (Fsp3) is 0.211. The molecule has 158 valence electrons. The van der Waals surface area contributed by atoms with Crippen LogP contribution in [0.25, 0.3) is 11.5 Å². The van der Waals surface area contributed by atoms with E-state index in [0.717, 1.165) is 0 Å². The first-order valence-electron chi connectivity index (χ1n) is 8.95. The van der Waals surface area contributed by atoms with Crippen molar-refractivity contribution in [1.29, 1.82) is 0 Å². The topological polar surface area (TPSA) is 136 Å². The summed E-state index contributed by atoms with van der Waals surface area (Å²) in [7, 11) is -6.90. The van der Waals surface area contributed by atoms with E-state index in [1.54, 1.807) is 25.1 Å². The number of carbonyl (C=O) groups is 1. The summed E-state index contributed by atoms with van der Waals surface area (Å²) < 4.78 is 53.5. The number of rotatable bonds is 8. The van der Waals surface area contributed by atoms with Crippen LogP contribution in [-0.4, -0.2) is 44.4 Å². The first-order chi connectivity index (χ1) is 14.2. The zero-order valence-corrected chi connectivity index (χ0v) is 17.6. The van der Waals surface area contributed by atoms with Crippen LogP contribution in [0.15, 0.2) is 68.8 Å². The van der Waals surface area contributed by atoms with Gasteiger partial charge >= 0.3 is 6.01 Å². The Balaban J connectivity index is 1.62. The van der Waals surface area contributed by atoms with Crippen LogP contribution in [-0.2, 0) is 24.5 Å². The van der Waals surface area contributed by atoms with Crippen LogP contribution >= 0.6 is 0 Å². The molecule has 0 aliphatic rings. The molecule has 0 saturated heterocycles. The van der Waals surface area contributed by atoms with E-state index < -0.39 is 25.6 Å². The van der Waals surface area contributed by atoms with Crippen molar-refractivity contribution in [3.63, 3.8) is 0 Å². The van der Waals surface area contributed by atoms with E-state index in [0.29, 0.717) is 5.56 Å². The first kappa shape index (κ1) is 21.7. The maximum absolute atomic E-state index is 12.2. The third-order valence-corrected chi connectivity index (χ3v) is 7.69. The van der Waals surface area contributed by atoms with E-state index >= 15 is 0 Å². The molecule has 0 spiro atoms. The molecule has 3 rings (SSSR count). The number of benzene rings is 2. The summed E-state index contributed by atoms with van der Waals surface area (Å²) in [5.74, 6) is -0.878. The van der Waals surface area contributed by atoms with Crippen LogP contribution < -0.4 is 5.32 Å². The van der Waals surface area contributed by atoms with Crippen LogP contribution in [0.1, 0.15) is 13.3 Å². The summed E-state index contributed by atoms with van der Waals surface area (Å²) in [6.45, 7) is 1.56.